The molecule has 0 bridgehead atoms. The zero-order valence-electron chi connectivity index (χ0n) is 8.08. The van der Waals surface area contributed by atoms with Gasteiger partial charge in [0.25, 0.3) is 0 Å². The van der Waals surface area contributed by atoms with Gasteiger partial charge in [0.1, 0.15) is 5.82 Å². The summed E-state index contributed by atoms with van der Waals surface area (Å²) in [5.41, 5.74) is 0. The molecule has 0 unspecified atom stereocenters. The molecule has 0 atom stereocenters. The average molecular weight is 318 g/mol. The molecule has 0 saturated carbocycles. The molecular weight excluding hydrogens is 311 g/mol. The van der Waals surface area contributed by atoms with Crippen LogP contribution in [0.3, 0.4) is 0 Å². The minimum absolute atomic E-state index is 0.254. The molecule has 2 aromatic carbocycles. The molecule has 0 aromatic heterocycles. The van der Waals surface area contributed by atoms with E-state index in [0.29, 0.717) is 5.02 Å². The van der Waals surface area contributed by atoms with Crippen LogP contribution < -0.4 is 0 Å². The lowest BCUT2D eigenvalue weighted by molar-refractivity contribution is 0.625. The summed E-state index contributed by atoms with van der Waals surface area (Å²) >= 11 is 10.9. The summed E-state index contributed by atoms with van der Waals surface area (Å²) in [6.07, 6.45) is 0. The van der Waals surface area contributed by atoms with Crippen molar-refractivity contribution in [3.05, 3.63) is 57.8 Å². The summed E-state index contributed by atoms with van der Waals surface area (Å²) < 4.78 is 13.6. The predicted octanol–water partition coefficient (Wildman–Crippen LogP) is 5.39. The quantitative estimate of drug-likeness (QED) is 0.715. The largest absolute Gasteiger partial charge is 0.207 e. The van der Waals surface area contributed by atoms with Gasteiger partial charge < -0.3 is 0 Å². The van der Waals surface area contributed by atoms with Crippen molar-refractivity contribution in [2.24, 2.45) is 0 Å². The lowest BCUT2D eigenvalue weighted by Crippen LogP contribution is -1.79. The molecule has 0 nitrogen and oxygen atoms in total. The molecule has 0 heterocycles. The van der Waals surface area contributed by atoms with Crippen LogP contribution in [0.4, 0.5) is 4.39 Å². The molecule has 0 aliphatic heterocycles. The number of halogens is 3. The third-order valence-electron chi connectivity index (χ3n) is 1.95. The molecular formula is C12H7BrClFS. The van der Waals surface area contributed by atoms with Crippen molar-refractivity contribution in [3.63, 3.8) is 0 Å². The van der Waals surface area contributed by atoms with Crippen molar-refractivity contribution in [2.75, 3.05) is 0 Å². The van der Waals surface area contributed by atoms with Crippen LogP contribution in [-0.4, -0.2) is 0 Å². The summed E-state index contributed by atoms with van der Waals surface area (Å²) in [6, 6.07) is 12.2. The van der Waals surface area contributed by atoms with E-state index in [1.165, 1.54) is 23.9 Å². The Morgan fingerprint density at radius 1 is 1.06 bits per heavy atom. The molecule has 0 amide bonds. The maximum Gasteiger partial charge on any atom is 0.124 e. The topological polar surface area (TPSA) is 0 Å². The van der Waals surface area contributed by atoms with Crippen molar-refractivity contribution in [3.8, 4) is 0 Å². The molecule has 0 radical (unpaired) electrons. The van der Waals surface area contributed by atoms with Gasteiger partial charge in [0.15, 0.2) is 0 Å². The molecule has 82 valence electrons. The van der Waals surface area contributed by atoms with Crippen LogP contribution in [0.15, 0.2) is 56.7 Å². The smallest absolute Gasteiger partial charge is 0.124 e. The zero-order valence-corrected chi connectivity index (χ0v) is 11.2. The highest BCUT2D eigenvalue weighted by atomic mass is 79.9. The van der Waals surface area contributed by atoms with E-state index in [1.807, 2.05) is 24.3 Å². The minimum Gasteiger partial charge on any atom is -0.207 e. The first-order valence-electron chi connectivity index (χ1n) is 4.54. The van der Waals surface area contributed by atoms with Gasteiger partial charge in [0, 0.05) is 14.3 Å². The van der Waals surface area contributed by atoms with Crippen molar-refractivity contribution in [1.29, 1.82) is 0 Å². The highest BCUT2D eigenvalue weighted by Crippen LogP contribution is 2.37. The number of hydrogen-bond acceptors (Lipinski definition) is 1. The molecule has 2 aromatic rings. The SMILES string of the molecule is Fc1ccc(Sc2ccccc2Cl)c(Br)c1. The molecule has 0 fully saturated rings. The second-order valence-electron chi connectivity index (χ2n) is 3.11. The van der Waals surface area contributed by atoms with Gasteiger partial charge in [-0.25, -0.2) is 4.39 Å². The van der Waals surface area contributed by atoms with Gasteiger partial charge in [-0.05, 0) is 46.3 Å². The lowest BCUT2D eigenvalue weighted by atomic mass is 10.3. The fraction of sp³-hybridized carbons (Fsp3) is 0. The van der Waals surface area contributed by atoms with E-state index in [4.69, 9.17) is 11.6 Å². The van der Waals surface area contributed by atoms with Crippen molar-refractivity contribution in [1.82, 2.24) is 0 Å². The van der Waals surface area contributed by atoms with E-state index in [9.17, 15) is 4.39 Å². The minimum atomic E-state index is -0.254. The summed E-state index contributed by atoms with van der Waals surface area (Å²) in [5, 5.41) is 0.698. The van der Waals surface area contributed by atoms with E-state index in [2.05, 4.69) is 15.9 Å². The molecule has 0 aliphatic rings. The molecule has 0 spiro atoms. The summed E-state index contributed by atoms with van der Waals surface area (Å²) in [4.78, 5) is 1.89. The number of benzene rings is 2. The van der Waals surface area contributed by atoms with Gasteiger partial charge in [-0.3, -0.25) is 0 Å². The Bertz CT molecular complexity index is 516. The van der Waals surface area contributed by atoms with Crippen molar-refractivity contribution < 1.29 is 4.39 Å². The highest BCUT2D eigenvalue weighted by molar-refractivity contribution is 9.10. The maximum absolute atomic E-state index is 12.9. The fourth-order valence-electron chi connectivity index (χ4n) is 1.20. The summed E-state index contributed by atoms with van der Waals surface area (Å²) in [7, 11) is 0. The first-order chi connectivity index (χ1) is 7.66. The fourth-order valence-corrected chi connectivity index (χ4v) is 2.89. The maximum atomic E-state index is 12.9. The predicted molar refractivity (Wildman–Crippen MR) is 69.7 cm³/mol. The van der Waals surface area contributed by atoms with E-state index in [0.717, 1.165) is 14.3 Å². The van der Waals surface area contributed by atoms with Crippen LogP contribution in [0.25, 0.3) is 0 Å². The monoisotopic (exact) mass is 316 g/mol. The first kappa shape index (κ1) is 12.0. The van der Waals surface area contributed by atoms with Crippen LogP contribution in [0.1, 0.15) is 0 Å². The van der Waals surface area contributed by atoms with Crippen LogP contribution in [0.5, 0.6) is 0 Å². The molecule has 2 rings (SSSR count). The van der Waals surface area contributed by atoms with E-state index in [1.54, 1.807) is 6.07 Å². The van der Waals surface area contributed by atoms with Gasteiger partial charge >= 0.3 is 0 Å². The van der Waals surface area contributed by atoms with E-state index < -0.39 is 0 Å². The number of hydrogen-bond donors (Lipinski definition) is 0. The first-order valence-corrected chi connectivity index (χ1v) is 6.53. The Morgan fingerprint density at radius 3 is 2.50 bits per heavy atom. The van der Waals surface area contributed by atoms with Crippen LogP contribution in [0, 0.1) is 5.82 Å². The Balaban J connectivity index is 2.31. The Labute approximate surface area is 111 Å². The summed E-state index contributed by atoms with van der Waals surface area (Å²) in [6.45, 7) is 0. The molecule has 0 saturated heterocycles. The van der Waals surface area contributed by atoms with E-state index >= 15 is 0 Å². The van der Waals surface area contributed by atoms with E-state index in [-0.39, 0.29) is 5.82 Å². The van der Waals surface area contributed by atoms with Gasteiger partial charge in [0.2, 0.25) is 0 Å². The van der Waals surface area contributed by atoms with Crippen LogP contribution in [-0.2, 0) is 0 Å². The Hall–Kier alpha value is -0.510. The third kappa shape index (κ3) is 2.78. The second kappa shape index (κ2) is 5.21. The van der Waals surface area contributed by atoms with Crippen molar-refractivity contribution in [2.45, 2.75) is 9.79 Å². The third-order valence-corrected chi connectivity index (χ3v) is 4.46. The van der Waals surface area contributed by atoms with Gasteiger partial charge in [0.05, 0.1) is 5.02 Å². The van der Waals surface area contributed by atoms with Gasteiger partial charge in [-0.15, -0.1) is 0 Å². The number of rotatable bonds is 2. The standard InChI is InChI=1S/C12H7BrClFS/c13-9-7-8(15)5-6-11(9)16-12-4-2-1-3-10(12)14/h1-7H. The molecule has 4 heteroatoms. The molecule has 0 aliphatic carbocycles. The second-order valence-corrected chi connectivity index (χ2v) is 5.45. The Kier molecular flexibility index (Phi) is 3.90. The molecule has 16 heavy (non-hydrogen) atoms. The summed E-state index contributed by atoms with van der Waals surface area (Å²) in [5.74, 6) is -0.254. The normalized spacial score (nSPS) is 10.4. The average Bonchev–Trinajstić information content (AvgIpc) is 2.25. The molecule has 0 N–H and O–H groups in total. The van der Waals surface area contributed by atoms with Crippen molar-refractivity contribution >= 4 is 39.3 Å². The highest BCUT2D eigenvalue weighted by Gasteiger charge is 2.06. The zero-order chi connectivity index (χ0) is 11.5. The Morgan fingerprint density at radius 2 is 1.81 bits per heavy atom. The van der Waals surface area contributed by atoms with Crippen LogP contribution >= 0.6 is 39.3 Å². The van der Waals surface area contributed by atoms with Gasteiger partial charge in [-0.1, -0.05) is 35.5 Å². The van der Waals surface area contributed by atoms with Crippen LogP contribution in [0.2, 0.25) is 5.02 Å². The lowest BCUT2D eigenvalue weighted by Gasteiger charge is -2.05. The van der Waals surface area contributed by atoms with Gasteiger partial charge in [-0.2, -0.15) is 0 Å².